The van der Waals surface area contributed by atoms with Gasteiger partial charge in [-0.15, -0.1) is 0 Å². The molecule has 2 rings (SSSR count). The van der Waals surface area contributed by atoms with Gasteiger partial charge in [-0.05, 0) is 49.9 Å². The van der Waals surface area contributed by atoms with Gasteiger partial charge in [-0.2, -0.15) is 0 Å². The van der Waals surface area contributed by atoms with E-state index >= 15 is 0 Å². The van der Waals surface area contributed by atoms with Gasteiger partial charge < -0.3 is 10.1 Å². The van der Waals surface area contributed by atoms with Gasteiger partial charge in [0.2, 0.25) is 0 Å². The molecule has 20 heavy (non-hydrogen) atoms. The summed E-state index contributed by atoms with van der Waals surface area (Å²) in [5, 5.41) is 3.28. The highest BCUT2D eigenvalue weighted by Crippen LogP contribution is 2.28. The van der Waals surface area contributed by atoms with E-state index in [0.29, 0.717) is 6.42 Å². The Labute approximate surface area is 121 Å². The van der Waals surface area contributed by atoms with Crippen LogP contribution in [-0.2, 0) is 9.84 Å². The first-order valence-electron chi connectivity index (χ1n) is 7.00. The highest BCUT2D eigenvalue weighted by Gasteiger charge is 2.28. The molecule has 0 aliphatic heterocycles. The summed E-state index contributed by atoms with van der Waals surface area (Å²) in [4.78, 5) is 0. The summed E-state index contributed by atoms with van der Waals surface area (Å²) in [6.07, 6.45) is 4.82. The van der Waals surface area contributed by atoms with Crippen LogP contribution in [0, 0.1) is 6.92 Å². The van der Waals surface area contributed by atoms with Gasteiger partial charge in [0.15, 0.2) is 0 Å². The number of ether oxygens (including phenoxy) is 1. The van der Waals surface area contributed by atoms with Crippen molar-refractivity contribution in [2.75, 3.05) is 18.7 Å². The van der Waals surface area contributed by atoms with E-state index in [1.54, 1.807) is 7.11 Å². The summed E-state index contributed by atoms with van der Waals surface area (Å²) in [6.45, 7) is 2.03. The van der Waals surface area contributed by atoms with E-state index in [0.717, 1.165) is 36.3 Å². The van der Waals surface area contributed by atoms with Crippen LogP contribution < -0.4 is 10.1 Å². The fourth-order valence-corrected chi connectivity index (χ4v) is 3.99. The van der Waals surface area contributed by atoms with E-state index < -0.39 is 9.84 Å². The van der Waals surface area contributed by atoms with E-state index in [4.69, 9.17) is 4.74 Å². The molecule has 0 spiro atoms. The Morgan fingerprint density at radius 2 is 2.05 bits per heavy atom. The van der Waals surface area contributed by atoms with E-state index in [1.807, 2.05) is 25.1 Å². The van der Waals surface area contributed by atoms with Crippen LogP contribution in [0.4, 0.5) is 5.69 Å². The predicted molar refractivity (Wildman–Crippen MR) is 82.2 cm³/mol. The second-order valence-electron chi connectivity index (χ2n) is 5.64. The first kappa shape index (κ1) is 15.2. The van der Waals surface area contributed by atoms with Gasteiger partial charge in [0.25, 0.3) is 0 Å². The van der Waals surface area contributed by atoms with Crippen LogP contribution in [0.2, 0.25) is 0 Å². The van der Waals surface area contributed by atoms with Crippen molar-refractivity contribution < 1.29 is 13.2 Å². The lowest BCUT2D eigenvalue weighted by atomic mass is 9.94. The molecule has 112 valence electrons. The first-order chi connectivity index (χ1) is 9.40. The number of methoxy groups -OCH3 is 1. The molecule has 0 radical (unpaired) electrons. The van der Waals surface area contributed by atoms with Crippen molar-refractivity contribution in [1.29, 1.82) is 0 Å². The second kappa shape index (κ2) is 6.04. The molecule has 5 heteroatoms. The normalized spacial score (nSPS) is 23.4. The Morgan fingerprint density at radius 3 is 2.65 bits per heavy atom. The molecule has 0 saturated heterocycles. The summed E-state index contributed by atoms with van der Waals surface area (Å²) in [5.41, 5.74) is 2.18. The molecule has 0 bridgehead atoms. The number of rotatable bonds is 4. The van der Waals surface area contributed by atoms with E-state index in [2.05, 4.69) is 5.32 Å². The molecule has 2 unspecified atom stereocenters. The Kier molecular flexibility index (Phi) is 4.58. The molecule has 2 atom stereocenters. The van der Waals surface area contributed by atoms with Crippen LogP contribution in [0.1, 0.15) is 31.2 Å². The highest BCUT2D eigenvalue weighted by molar-refractivity contribution is 7.91. The Bertz CT molecular complexity index is 568. The number of nitrogens with one attached hydrogen (secondary N) is 1. The number of hydrogen-bond acceptors (Lipinski definition) is 4. The van der Waals surface area contributed by atoms with E-state index in [-0.39, 0.29) is 11.3 Å². The maximum absolute atomic E-state index is 11.7. The van der Waals surface area contributed by atoms with Gasteiger partial charge in [-0.25, -0.2) is 8.42 Å². The Morgan fingerprint density at radius 1 is 1.30 bits per heavy atom. The quantitative estimate of drug-likeness (QED) is 0.928. The number of anilines is 1. The topological polar surface area (TPSA) is 55.4 Å². The van der Waals surface area contributed by atoms with Crippen molar-refractivity contribution in [3.05, 3.63) is 23.8 Å². The Hall–Kier alpha value is -1.23. The molecule has 1 aliphatic carbocycles. The molecular weight excluding hydrogens is 274 g/mol. The monoisotopic (exact) mass is 297 g/mol. The summed E-state index contributed by atoms with van der Waals surface area (Å²) in [6, 6.07) is 6.14. The molecule has 0 amide bonds. The lowest BCUT2D eigenvalue weighted by molar-refractivity contribution is 0.414. The third kappa shape index (κ3) is 3.66. The van der Waals surface area contributed by atoms with Crippen molar-refractivity contribution in [2.45, 2.75) is 43.9 Å². The SMILES string of the molecule is COc1ccc(NC2CCCC(S(C)(=O)=O)C2)c(C)c1. The minimum absolute atomic E-state index is 0.202. The zero-order valence-electron chi connectivity index (χ0n) is 12.3. The van der Waals surface area contributed by atoms with Crippen LogP contribution in [0.25, 0.3) is 0 Å². The van der Waals surface area contributed by atoms with E-state index in [9.17, 15) is 8.42 Å². The minimum atomic E-state index is -2.93. The van der Waals surface area contributed by atoms with Crippen molar-refractivity contribution in [1.82, 2.24) is 0 Å². The smallest absolute Gasteiger partial charge is 0.150 e. The molecule has 1 aromatic carbocycles. The predicted octanol–water partition coefficient (Wildman–Crippen LogP) is 2.77. The van der Waals surface area contributed by atoms with Gasteiger partial charge in [0.05, 0.1) is 12.4 Å². The van der Waals surface area contributed by atoms with Crippen molar-refractivity contribution in [3.8, 4) is 5.75 Å². The molecule has 1 saturated carbocycles. The maximum atomic E-state index is 11.7. The molecule has 1 N–H and O–H groups in total. The standard InChI is InChI=1S/C15H23NO3S/c1-11-9-13(19-2)7-8-15(11)16-12-5-4-6-14(10-12)20(3,17)18/h7-9,12,14,16H,4-6,10H2,1-3H3. The fraction of sp³-hybridized carbons (Fsp3) is 0.600. The number of benzene rings is 1. The average molecular weight is 297 g/mol. The third-order valence-electron chi connectivity index (χ3n) is 4.02. The van der Waals surface area contributed by atoms with Crippen LogP contribution in [0.5, 0.6) is 5.75 Å². The minimum Gasteiger partial charge on any atom is -0.497 e. The van der Waals surface area contributed by atoms with Crippen molar-refractivity contribution in [2.24, 2.45) is 0 Å². The maximum Gasteiger partial charge on any atom is 0.150 e. The zero-order valence-corrected chi connectivity index (χ0v) is 13.2. The molecule has 1 aliphatic rings. The van der Waals surface area contributed by atoms with E-state index in [1.165, 1.54) is 6.26 Å². The summed E-state index contributed by atoms with van der Waals surface area (Å²) in [5.74, 6) is 0.839. The lowest BCUT2D eigenvalue weighted by Gasteiger charge is -2.30. The fourth-order valence-electron chi connectivity index (χ4n) is 2.81. The molecule has 4 nitrogen and oxygen atoms in total. The molecule has 1 fully saturated rings. The van der Waals surface area contributed by atoms with Gasteiger partial charge in [-0.3, -0.25) is 0 Å². The largest absolute Gasteiger partial charge is 0.497 e. The van der Waals surface area contributed by atoms with Gasteiger partial charge in [0.1, 0.15) is 15.6 Å². The summed E-state index contributed by atoms with van der Waals surface area (Å²) in [7, 11) is -1.28. The number of hydrogen-bond donors (Lipinski definition) is 1. The average Bonchev–Trinajstić information content (AvgIpc) is 2.40. The molecule has 1 aromatic rings. The van der Waals surface area contributed by atoms with Crippen molar-refractivity contribution in [3.63, 3.8) is 0 Å². The zero-order chi connectivity index (χ0) is 14.8. The van der Waals surface area contributed by atoms with Crippen LogP contribution in [0.15, 0.2) is 18.2 Å². The van der Waals surface area contributed by atoms with Crippen LogP contribution >= 0.6 is 0 Å². The second-order valence-corrected chi connectivity index (χ2v) is 7.97. The number of sulfone groups is 1. The van der Waals surface area contributed by atoms with Gasteiger partial charge in [-0.1, -0.05) is 6.42 Å². The van der Waals surface area contributed by atoms with Crippen LogP contribution in [0.3, 0.4) is 0 Å². The molecular formula is C15H23NO3S. The Balaban J connectivity index is 2.06. The van der Waals surface area contributed by atoms with Crippen molar-refractivity contribution >= 4 is 15.5 Å². The summed E-state index contributed by atoms with van der Waals surface area (Å²) < 4.78 is 28.6. The molecule has 0 heterocycles. The lowest BCUT2D eigenvalue weighted by Crippen LogP contribution is -2.34. The summed E-state index contributed by atoms with van der Waals surface area (Å²) >= 11 is 0. The van der Waals surface area contributed by atoms with Gasteiger partial charge in [0, 0.05) is 18.0 Å². The highest BCUT2D eigenvalue weighted by atomic mass is 32.2. The molecule has 0 aromatic heterocycles. The third-order valence-corrected chi connectivity index (χ3v) is 5.66. The number of aryl methyl sites for hydroxylation is 1. The first-order valence-corrected chi connectivity index (χ1v) is 8.95. The van der Waals surface area contributed by atoms with Crippen LogP contribution in [-0.4, -0.2) is 33.1 Å². The van der Waals surface area contributed by atoms with Gasteiger partial charge >= 0.3 is 0 Å².